The maximum absolute atomic E-state index is 12.4. The molecule has 0 spiro atoms. The number of fused-ring (bicyclic) bond motifs is 1. The predicted molar refractivity (Wildman–Crippen MR) is 94.9 cm³/mol. The van der Waals surface area contributed by atoms with Crippen molar-refractivity contribution >= 4 is 11.9 Å². The fourth-order valence-electron chi connectivity index (χ4n) is 3.74. The average Bonchev–Trinajstić information content (AvgIpc) is 3.16. The Morgan fingerprint density at radius 1 is 1.12 bits per heavy atom. The van der Waals surface area contributed by atoms with Crippen LogP contribution in [0.25, 0.3) is 0 Å². The molecule has 0 bridgehead atoms. The third kappa shape index (κ3) is 4.00. The second-order valence-electron chi connectivity index (χ2n) is 7.43. The highest BCUT2D eigenvalue weighted by Crippen LogP contribution is 2.23. The van der Waals surface area contributed by atoms with Crippen molar-refractivity contribution in [2.24, 2.45) is 0 Å². The lowest BCUT2D eigenvalue weighted by atomic mass is 10.1. The monoisotopic (exact) mass is 361 g/mol. The fraction of sp³-hybridized carbons (Fsp3) is 0.722. The zero-order valence-electron chi connectivity index (χ0n) is 15.1. The Morgan fingerprint density at radius 3 is 2.65 bits per heavy atom. The third-order valence-electron chi connectivity index (χ3n) is 5.32. The van der Waals surface area contributed by atoms with Gasteiger partial charge in [0.25, 0.3) is 5.91 Å². The van der Waals surface area contributed by atoms with E-state index < -0.39 is 0 Å². The summed E-state index contributed by atoms with van der Waals surface area (Å²) in [5.41, 5.74) is 2.42. The maximum atomic E-state index is 12.4. The molecule has 0 atom stereocenters. The average molecular weight is 361 g/mol. The van der Waals surface area contributed by atoms with Gasteiger partial charge < -0.3 is 20.7 Å². The van der Waals surface area contributed by atoms with E-state index in [2.05, 4.69) is 21.0 Å². The second-order valence-corrected chi connectivity index (χ2v) is 7.43. The predicted octanol–water partition coefficient (Wildman–Crippen LogP) is 1.09. The summed E-state index contributed by atoms with van der Waals surface area (Å²) in [4.78, 5) is 24.4. The Morgan fingerprint density at radius 2 is 1.88 bits per heavy atom. The van der Waals surface area contributed by atoms with Crippen molar-refractivity contribution in [3.8, 4) is 0 Å². The molecule has 2 aliphatic carbocycles. The molecule has 1 aromatic heterocycles. The normalized spacial score (nSPS) is 19.8. The van der Waals surface area contributed by atoms with Crippen LogP contribution in [0.2, 0.25) is 0 Å². The molecule has 8 heteroatoms. The molecule has 3 amide bonds. The zero-order chi connectivity index (χ0) is 17.9. The lowest BCUT2D eigenvalue weighted by molar-refractivity contribution is 0.0922. The molecular weight excluding hydrogens is 334 g/mol. The van der Waals surface area contributed by atoms with Gasteiger partial charge in [-0.2, -0.15) is 5.10 Å². The lowest BCUT2D eigenvalue weighted by Gasteiger charge is -2.16. The number of carbonyl (C=O) groups is 2. The van der Waals surface area contributed by atoms with Crippen molar-refractivity contribution in [3.05, 3.63) is 17.0 Å². The molecule has 26 heavy (non-hydrogen) atoms. The lowest BCUT2D eigenvalue weighted by Crippen LogP contribution is -2.42. The summed E-state index contributed by atoms with van der Waals surface area (Å²) in [7, 11) is 0. The highest BCUT2D eigenvalue weighted by Gasteiger charge is 2.29. The first-order chi connectivity index (χ1) is 12.7. The van der Waals surface area contributed by atoms with E-state index in [1.807, 2.05) is 4.68 Å². The summed E-state index contributed by atoms with van der Waals surface area (Å²) >= 11 is 0. The minimum atomic E-state index is -0.118. The number of amides is 3. The van der Waals surface area contributed by atoms with Crippen LogP contribution in [0.5, 0.6) is 0 Å². The SMILES string of the molecule is O=C(NCCn1nc(C(=O)NC2CC2)c2c1CCOC2)NC1CCCC1. The van der Waals surface area contributed by atoms with E-state index in [-0.39, 0.29) is 11.9 Å². The van der Waals surface area contributed by atoms with Crippen molar-refractivity contribution in [2.45, 2.75) is 70.2 Å². The molecule has 0 unspecified atom stereocenters. The van der Waals surface area contributed by atoms with Gasteiger partial charge in [0.1, 0.15) is 0 Å². The van der Waals surface area contributed by atoms with E-state index >= 15 is 0 Å². The Bertz CT molecular complexity index is 677. The molecule has 4 rings (SSSR count). The topological polar surface area (TPSA) is 97.3 Å². The van der Waals surface area contributed by atoms with E-state index in [1.165, 1.54) is 12.8 Å². The van der Waals surface area contributed by atoms with Gasteiger partial charge in [-0.15, -0.1) is 0 Å². The molecule has 0 aromatic carbocycles. The van der Waals surface area contributed by atoms with E-state index in [4.69, 9.17) is 4.74 Å². The minimum Gasteiger partial charge on any atom is -0.376 e. The molecule has 3 aliphatic rings. The molecule has 2 fully saturated rings. The number of rotatable bonds is 6. The molecule has 0 radical (unpaired) electrons. The number of aromatic nitrogens is 2. The molecule has 2 saturated carbocycles. The summed E-state index contributed by atoms with van der Waals surface area (Å²) in [6.07, 6.45) is 7.36. The van der Waals surface area contributed by atoms with Gasteiger partial charge in [-0.25, -0.2) is 4.79 Å². The van der Waals surface area contributed by atoms with Crippen LogP contribution < -0.4 is 16.0 Å². The quantitative estimate of drug-likeness (QED) is 0.706. The van der Waals surface area contributed by atoms with E-state index in [0.29, 0.717) is 44.1 Å². The first-order valence-corrected chi connectivity index (χ1v) is 9.72. The Hall–Kier alpha value is -2.09. The molecule has 3 N–H and O–H groups in total. The summed E-state index contributed by atoms with van der Waals surface area (Å²) in [6, 6.07) is 0.490. The van der Waals surface area contributed by atoms with E-state index in [0.717, 1.165) is 43.4 Å². The van der Waals surface area contributed by atoms with Gasteiger partial charge in [0.15, 0.2) is 5.69 Å². The summed E-state index contributed by atoms with van der Waals surface area (Å²) in [6.45, 7) is 2.10. The molecule has 2 heterocycles. The van der Waals surface area contributed by atoms with E-state index in [9.17, 15) is 9.59 Å². The van der Waals surface area contributed by atoms with Gasteiger partial charge in [-0.3, -0.25) is 9.48 Å². The molecule has 1 aliphatic heterocycles. The van der Waals surface area contributed by atoms with Gasteiger partial charge in [0.05, 0.1) is 19.8 Å². The largest absolute Gasteiger partial charge is 0.376 e. The minimum absolute atomic E-state index is 0.111. The summed E-state index contributed by atoms with van der Waals surface area (Å²) < 4.78 is 7.38. The standard InChI is InChI=1S/C18H27N5O3/c24-17(20-13-5-6-13)16-14-11-26-10-7-15(14)23(22-16)9-8-19-18(25)21-12-3-1-2-4-12/h12-13H,1-11H2,(H,20,24)(H2,19,21,25). The number of hydrogen-bond donors (Lipinski definition) is 3. The smallest absolute Gasteiger partial charge is 0.315 e. The van der Waals surface area contributed by atoms with Crippen LogP contribution in [0, 0.1) is 0 Å². The fourth-order valence-corrected chi connectivity index (χ4v) is 3.74. The summed E-state index contributed by atoms with van der Waals surface area (Å²) in [5.74, 6) is -0.111. The molecular formula is C18H27N5O3. The van der Waals surface area contributed by atoms with Crippen LogP contribution in [-0.2, 0) is 24.3 Å². The molecule has 1 aromatic rings. The van der Waals surface area contributed by atoms with Crippen molar-refractivity contribution in [1.82, 2.24) is 25.7 Å². The van der Waals surface area contributed by atoms with Gasteiger partial charge in [-0.05, 0) is 25.7 Å². The van der Waals surface area contributed by atoms with Gasteiger partial charge >= 0.3 is 6.03 Å². The van der Waals surface area contributed by atoms with Crippen LogP contribution >= 0.6 is 0 Å². The highest BCUT2D eigenvalue weighted by molar-refractivity contribution is 5.94. The molecule has 142 valence electrons. The van der Waals surface area contributed by atoms with E-state index in [1.54, 1.807) is 0 Å². The Labute approximate surface area is 153 Å². The first kappa shape index (κ1) is 17.3. The number of hydrogen-bond acceptors (Lipinski definition) is 4. The van der Waals surface area contributed by atoms with Crippen molar-refractivity contribution in [2.75, 3.05) is 13.2 Å². The van der Waals surface area contributed by atoms with Crippen LogP contribution in [0.1, 0.15) is 60.3 Å². The first-order valence-electron chi connectivity index (χ1n) is 9.72. The van der Waals surface area contributed by atoms with Crippen LogP contribution in [-0.4, -0.2) is 47.0 Å². The zero-order valence-corrected chi connectivity index (χ0v) is 15.1. The van der Waals surface area contributed by atoms with Crippen LogP contribution in [0.15, 0.2) is 0 Å². The molecule has 0 saturated heterocycles. The third-order valence-corrected chi connectivity index (χ3v) is 5.32. The van der Waals surface area contributed by atoms with Gasteiger partial charge in [0.2, 0.25) is 0 Å². The molecule has 8 nitrogen and oxygen atoms in total. The highest BCUT2D eigenvalue weighted by atomic mass is 16.5. The Balaban J connectivity index is 1.35. The number of ether oxygens (including phenoxy) is 1. The van der Waals surface area contributed by atoms with Gasteiger partial charge in [0, 0.05) is 36.3 Å². The Kier molecular flexibility index (Phi) is 5.10. The second kappa shape index (κ2) is 7.65. The van der Waals surface area contributed by atoms with Crippen LogP contribution in [0.4, 0.5) is 4.79 Å². The van der Waals surface area contributed by atoms with Crippen molar-refractivity contribution in [3.63, 3.8) is 0 Å². The van der Waals surface area contributed by atoms with Crippen LogP contribution in [0.3, 0.4) is 0 Å². The van der Waals surface area contributed by atoms with Crippen molar-refractivity contribution < 1.29 is 14.3 Å². The number of nitrogens with zero attached hydrogens (tertiary/aromatic N) is 2. The van der Waals surface area contributed by atoms with Gasteiger partial charge in [-0.1, -0.05) is 12.8 Å². The number of carbonyl (C=O) groups excluding carboxylic acids is 2. The van der Waals surface area contributed by atoms with Crippen molar-refractivity contribution in [1.29, 1.82) is 0 Å². The number of urea groups is 1. The summed E-state index contributed by atoms with van der Waals surface area (Å²) in [5, 5.41) is 13.4. The number of nitrogens with one attached hydrogen (secondary N) is 3. The maximum Gasteiger partial charge on any atom is 0.315 e.